The van der Waals surface area contributed by atoms with Gasteiger partial charge in [0.1, 0.15) is 0 Å². The fraction of sp³-hybridized carbons (Fsp3) is 1.00. The van der Waals surface area contributed by atoms with E-state index in [1.165, 1.54) is 0 Å². The number of rotatable bonds is 5. The second kappa shape index (κ2) is 5.93. The van der Waals surface area contributed by atoms with Crippen LogP contribution in [0.4, 0.5) is 0 Å². The van der Waals surface area contributed by atoms with E-state index in [4.69, 9.17) is 17.4 Å². The second-order valence-electron chi connectivity index (χ2n) is 1.78. The van der Waals surface area contributed by atoms with Crippen LogP contribution in [0.5, 0.6) is 0 Å². The molecule has 0 heterocycles. The molecule has 0 spiro atoms. The van der Waals surface area contributed by atoms with Crippen molar-refractivity contribution in [2.24, 2.45) is 17.4 Å². The van der Waals surface area contributed by atoms with Gasteiger partial charge in [0, 0.05) is 26.2 Å². The predicted molar refractivity (Wildman–Crippen MR) is 37.0 cm³/mol. The van der Waals surface area contributed by atoms with Gasteiger partial charge in [-0.05, 0) is 0 Å². The van der Waals surface area contributed by atoms with Gasteiger partial charge in [0.2, 0.25) is 0 Å². The Balaban J connectivity index is 2.75. The molecule has 0 atom stereocenters. The number of nitrogens with two attached hydrogens (primary N) is 3. The Labute approximate surface area is 55.1 Å². The van der Waals surface area contributed by atoms with Crippen LogP contribution < -0.4 is 22.7 Å². The second-order valence-corrected chi connectivity index (χ2v) is 1.78. The first-order valence-corrected chi connectivity index (χ1v) is 2.95. The zero-order valence-corrected chi connectivity index (χ0v) is 5.51. The first kappa shape index (κ1) is 8.80. The Morgan fingerprint density at radius 2 is 1.89 bits per heavy atom. The molecule has 0 amide bonds. The SMILES string of the molecule is NCCNCCN(N)N. The molecule has 0 saturated heterocycles. The number of nitrogens with zero attached hydrogens (tertiary/aromatic N) is 1. The molecular formula is C4H15N5. The van der Waals surface area contributed by atoms with Gasteiger partial charge in [-0.1, -0.05) is 0 Å². The molecule has 5 heteroatoms. The van der Waals surface area contributed by atoms with E-state index in [2.05, 4.69) is 5.32 Å². The van der Waals surface area contributed by atoms with E-state index in [0.717, 1.165) is 18.2 Å². The van der Waals surface area contributed by atoms with Crippen LogP contribution in [0.1, 0.15) is 0 Å². The third-order valence-electron chi connectivity index (χ3n) is 0.868. The molecule has 0 radical (unpaired) electrons. The smallest absolute Gasteiger partial charge is 0.0408 e. The van der Waals surface area contributed by atoms with Gasteiger partial charge in [0.25, 0.3) is 0 Å². The number of hydrazine groups is 2. The van der Waals surface area contributed by atoms with Crippen LogP contribution in [0.25, 0.3) is 0 Å². The highest BCUT2D eigenvalue weighted by molar-refractivity contribution is 4.47. The summed E-state index contributed by atoms with van der Waals surface area (Å²) >= 11 is 0. The maximum atomic E-state index is 5.21. The topological polar surface area (TPSA) is 93.3 Å². The van der Waals surface area contributed by atoms with E-state index in [0.29, 0.717) is 13.1 Å². The summed E-state index contributed by atoms with van der Waals surface area (Å²) in [6.45, 7) is 2.88. The minimum absolute atomic E-state index is 0.639. The van der Waals surface area contributed by atoms with Crippen molar-refractivity contribution in [1.29, 1.82) is 0 Å². The molecule has 7 N–H and O–H groups in total. The van der Waals surface area contributed by atoms with Gasteiger partial charge in [0.15, 0.2) is 0 Å². The Kier molecular flexibility index (Phi) is 5.80. The van der Waals surface area contributed by atoms with Crippen molar-refractivity contribution in [3.05, 3.63) is 0 Å². The molecule has 0 aromatic carbocycles. The molecule has 0 aliphatic carbocycles. The third-order valence-corrected chi connectivity index (χ3v) is 0.868. The van der Waals surface area contributed by atoms with Crippen LogP contribution in [0, 0.1) is 0 Å². The van der Waals surface area contributed by atoms with Gasteiger partial charge < -0.3 is 11.1 Å². The lowest BCUT2D eigenvalue weighted by Crippen LogP contribution is -2.43. The fourth-order valence-electron chi connectivity index (χ4n) is 0.435. The van der Waals surface area contributed by atoms with Gasteiger partial charge in [0.05, 0.1) is 0 Å². The van der Waals surface area contributed by atoms with Crippen LogP contribution in [0.15, 0.2) is 0 Å². The van der Waals surface area contributed by atoms with Crippen LogP contribution in [-0.4, -0.2) is 31.3 Å². The number of hydrogen-bond acceptors (Lipinski definition) is 5. The monoisotopic (exact) mass is 133 g/mol. The van der Waals surface area contributed by atoms with Crippen molar-refractivity contribution in [1.82, 2.24) is 10.4 Å². The van der Waals surface area contributed by atoms with E-state index < -0.39 is 0 Å². The molecule has 0 aromatic rings. The Morgan fingerprint density at radius 1 is 1.22 bits per heavy atom. The lowest BCUT2D eigenvalue weighted by atomic mass is 10.6. The number of hydrogen-bond donors (Lipinski definition) is 4. The van der Waals surface area contributed by atoms with Crippen molar-refractivity contribution in [2.75, 3.05) is 26.2 Å². The fourth-order valence-corrected chi connectivity index (χ4v) is 0.435. The van der Waals surface area contributed by atoms with E-state index in [1.807, 2.05) is 0 Å². The van der Waals surface area contributed by atoms with E-state index in [9.17, 15) is 0 Å². The summed E-state index contributed by atoms with van der Waals surface area (Å²) in [4.78, 5) is 0. The summed E-state index contributed by atoms with van der Waals surface area (Å²) in [6.07, 6.45) is 0. The lowest BCUT2D eigenvalue weighted by molar-refractivity contribution is 0.293. The molecule has 0 fully saturated rings. The summed E-state index contributed by atoms with van der Waals surface area (Å²) in [5.74, 6) is 10.2. The van der Waals surface area contributed by atoms with Gasteiger partial charge in [-0.2, -0.15) is 5.12 Å². The molecule has 5 nitrogen and oxygen atoms in total. The van der Waals surface area contributed by atoms with E-state index in [1.54, 1.807) is 0 Å². The summed E-state index contributed by atoms with van der Waals surface area (Å²) in [6, 6.07) is 0. The summed E-state index contributed by atoms with van der Waals surface area (Å²) < 4.78 is 0. The lowest BCUT2D eigenvalue weighted by Gasteiger charge is -2.08. The summed E-state index contributed by atoms with van der Waals surface area (Å²) in [5, 5.41) is 4.18. The quantitative estimate of drug-likeness (QED) is 0.190. The molecule has 9 heavy (non-hydrogen) atoms. The maximum Gasteiger partial charge on any atom is 0.0408 e. The first-order chi connectivity index (χ1) is 4.27. The Morgan fingerprint density at radius 3 is 2.33 bits per heavy atom. The van der Waals surface area contributed by atoms with Crippen LogP contribution in [0.2, 0.25) is 0 Å². The average molecular weight is 133 g/mol. The molecule has 0 aliphatic rings. The summed E-state index contributed by atoms with van der Waals surface area (Å²) in [7, 11) is 0. The summed E-state index contributed by atoms with van der Waals surface area (Å²) in [5.41, 5.74) is 5.21. The Hall–Kier alpha value is -0.200. The number of nitrogens with one attached hydrogen (secondary N) is 1. The van der Waals surface area contributed by atoms with Crippen molar-refractivity contribution < 1.29 is 0 Å². The molecule has 0 saturated carbocycles. The highest BCUT2D eigenvalue weighted by Gasteiger charge is 1.87. The first-order valence-electron chi connectivity index (χ1n) is 2.95. The zero-order chi connectivity index (χ0) is 7.11. The largest absolute Gasteiger partial charge is 0.329 e. The standard InChI is InChI=1S/C4H15N5/c5-1-2-8-3-4-9(6)7/h8H,1-7H2. The zero-order valence-electron chi connectivity index (χ0n) is 5.51. The van der Waals surface area contributed by atoms with Crippen molar-refractivity contribution in [3.8, 4) is 0 Å². The molecule has 56 valence electrons. The van der Waals surface area contributed by atoms with E-state index in [-0.39, 0.29) is 0 Å². The predicted octanol–water partition coefficient (Wildman–Crippen LogP) is -2.42. The molecule has 0 unspecified atom stereocenters. The van der Waals surface area contributed by atoms with Crippen LogP contribution in [0.3, 0.4) is 0 Å². The minimum atomic E-state index is 0.639. The normalized spacial score (nSPS) is 10.7. The minimum Gasteiger partial charge on any atom is -0.329 e. The molecular weight excluding hydrogens is 118 g/mol. The molecule has 0 bridgehead atoms. The maximum absolute atomic E-state index is 5.21. The Bertz CT molecular complexity index is 54.9. The molecule has 0 aliphatic heterocycles. The third kappa shape index (κ3) is 7.80. The van der Waals surface area contributed by atoms with Gasteiger partial charge in [-0.25, -0.2) is 0 Å². The van der Waals surface area contributed by atoms with Crippen molar-refractivity contribution in [2.45, 2.75) is 0 Å². The van der Waals surface area contributed by atoms with Crippen molar-refractivity contribution in [3.63, 3.8) is 0 Å². The van der Waals surface area contributed by atoms with Gasteiger partial charge in [-0.15, -0.1) is 0 Å². The van der Waals surface area contributed by atoms with Crippen molar-refractivity contribution >= 4 is 0 Å². The average Bonchev–Trinajstić information content (AvgIpc) is 1.80. The van der Waals surface area contributed by atoms with E-state index >= 15 is 0 Å². The highest BCUT2D eigenvalue weighted by Crippen LogP contribution is 1.60. The van der Waals surface area contributed by atoms with Crippen LogP contribution >= 0.6 is 0 Å². The highest BCUT2D eigenvalue weighted by atomic mass is 15.6. The van der Waals surface area contributed by atoms with Crippen LogP contribution in [-0.2, 0) is 0 Å². The van der Waals surface area contributed by atoms with Gasteiger partial charge in [-0.3, -0.25) is 11.7 Å². The molecule has 0 aromatic heterocycles. The van der Waals surface area contributed by atoms with Gasteiger partial charge >= 0.3 is 0 Å². The molecule has 0 rings (SSSR count).